The molecule has 0 fully saturated rings. The summed E-state index contributed by atoms with van der Waals surface area (Å²) in [5.74, 6) is -0.263. The molecule has 6 aromatic heterocycles. The fourth-order valence-electron chi connectivity index (χ4n) is 4.91. The molecule has 0 spiro atoms. The van der Waals surface area contributed by atoms with Crippen molar-refractivity contribution < 1.29 is 33.0 Å². The van der Waals surface area contributed by atoms with Crippen molar-refractivity contribution in [2.45, 2.75) is 90.8 Å². The molecule has 0 saturated carbocycles. The van der Waals surface area contributed by atoms with Crippen LogP contribution in [0.5, 0.6) is 0 Å². The lowest BCUT2D eigenvalue weighted by atomic mass is 10.2. The predicted octanol–water partition coefficient (Wildman–Crippen LogP) is 7.88. The number of carbonyl (C=O) groups is 2. The molecule has 0 aliphatic carbocycles. The molecule has 0 aromatic carbocycles. The highest BCUT2D eigenvalue weighted by Gasteiger charge is 2.22. The van der Waals surface area contributed by atoms with Crippen LogP contribution in [-0.2, 0) is 22.9 Å². The van der Waals surface area contributed by atoms with E-state index in [0.29, 0.717) is 68.8 Å². The maximum absolute atomic E-state index is 12.8. The number of carboxylic acid groups (broad SMARTS) is 1. The second-order valence-corrected chi connectivity index (χ2v) is 28.3. The van der Waals surface area contributed by atoms with Crippen molar-refractivity contribution >= 4 is 82.2 Å². The highest BCUT2D eigenvalue weighted by Crippen LogP contribution is 2.23. The molecule has 4 N–H and O–H groups in total. The lowest BCUT2D eigenvalue weighted by Crippen LogP contribution is -2.26. The number of oxazole rings is 2. The molecule has 21 heteroatoms. The van der Waals surface area contributed by atoms with Crippen LogP contribution in [0.1, 0.15) is 58.4 Å². The van der Waals surface area contributed by atoms with E-state index in [4.69, 9.17) is 24.0 Å². The van der Waals surface area contributed by atoms with Gasteiger partial charge in [0.25, 0.3) is 5.91 Å². The fourth-order valence-corrected chi connectivity index (χ4v) is 6.98. The molecule has 57 heavy (non-hydrogen) atoms. The van der Waals surface area contributed by atoms with E-state index in [0.717, 1.165) is 12.1 Å². The summed E-state index contributed by atoms with van der Waals surface area (Å²) >= 11 is 6.53. The van der Waals surface area contributed by atoms with Crippen molar-refractivity contribution in [2.24, 2.45) is 5.73 Å². The van der Waals surface area contributed by atoms with Crippen LogP contribution in [0, 0.1) is 0 Å². The molecule has 6 aromatic rings. The zero-order chi connectivity index (χ0) is 41.9. The number of hydrogen-bond donors (Lipinski definition) is 3. The molecule has 0 aliphatic rings. The molecule has 1 amide bonds. The quantitative estimate of drug-likeness (QED) is 0.0658. The van der Waals surface area contributed by atoms with Crippen LogP contribution in [0.25, 0.3) is 22.3 Å². The van der Waals surface area contributed by atoms with Crippen LogP contribution in [0.15, 0.2) is 67.7 Å². The average molecular weight is 951 g/mol. The number of rotatable bonds is 15. The summed E-state index contributed by atoms with van der Waals surface area (Å²) in [6.07, 6.45) is 12.5. The fraction of sp³-hybridized carbons (Fsp3) is 0.444. The first kappa shape index (κ1) is 45.6. The molecular formula is C36H50Br2N10O7Si2. The maximum atomic E-state index is 12.8. The molecule has 308 valence electrons. The Balaban J connectivity index is 0.000000217. The van der Waals surface area contributed by atoms with Gasteiger partial charge in [0.1, 0.15) is 57.8 Å². The number of aromatic nitrogens is 8. The second-order valence-electron chi connectivity index (χ2n) is 15.5. The Bertz CT molecular complexity index is 2200. The van der Waals surface area contributed by atoms with E-state index in [1.165, 1.54) is 18.7 Å². The molecule has 0 aliphatic heterocycles. The van der Waals surface area contributed by atoms with Gasteiger partial charge in [-0.15, -0.1) is 0 Å². The summed E-state index contributed by atoms with van der Waals surface area (Å²) in [6.45, 7) is 19.4. The Kier molecular flexibility index (Phi) is 16.4. The van der Waals surface area contributed by atoms with Gasteiger partial charge in [0.05, 0.1) is 36.4 Å². The predicted molar refractivity (Wildman–Crippen MR) is 227 cm³/mol. The van der Waals surface area contributed by atoms with Crippen LogP contribution < -0.4 is 11.1 Å². The van der Waals surface area contributed by atoms with Gasteiger partial charge in [-0.2, -0.15) is 0 Å². The summed E-state index contributed by atoms with van der Waals surface area (Å²) in [5.41, 5.74) is 7.96. The first-order valence-electron chi connectivity index (χ1n) is 18.1. The minimum Gasteiger partial charge on any atom is -0.478 e. The van der Waals surface area contributed by atoms with Crippen molar-refractivity contribution in [1.29, 1.82) is 0 Å². The Labute approximate surface area is 349 Å². The third kappa shape index (κ3) is 14.0. The van der Waals surface area contributed by atoms with Gasteiger partial charge in [0.15, 0.2) is 11.3 Å². The number of carbonyl (C=O) groups excluding carboxylic acids is 1. The van der Waals surface area contributed by atoms with E-state index in [-0.39, 0.29) is 30.3 Å². The highest BCUT2D eigenvalue weighted by atomic mass is 79.9. The van der Waals surface area contributed by atoms with Gasteiger partial charge >= 0.3 is 5.97 Å². The molecule has 0 radical (unpaired) electrons. The first-order chi connectivity index (χ1) is 26.8. The smallest absolute Gasteiger partial charge is 0.339 e. The Hall–Kier alpha value is -4.13. The van der Waals surface area contributed by atoms with Gasteiger partial charge in [-0.1, -0.05) is 39.3 Å². The summed E-state index contributed by atoms with van der Waals surface area (Å²) in [6, 6.07) is 1.68. The van der Waals surface area contributed by atoms with Crippen molar-refractivity contribution in [3.63, 3.8) is 0 Å². The Morgan fingerprint density at radius 1 is 0.789 bits per heavy atom. The van der Waals surface area contributed by atoms with E-state index < -0.39 is 22.1 Å². The van der Waals surface area contributed by atoms with Crippen molar-refractivity contribution in [3.8, 4) is 0 Å². The summed E-state index contributed by atoms with van der Waals surface area (Å²) in [7, 11) is -2.29. The van der Waals surface area contributed by atoms with Crippen molar-refractivity contribution in [2.75, 3.05) is 13.2 Å². The largest absolute Gasteiger partial charge is 0.478 e. The van der Waals surface area contributed by atoms with E-state index in [1.54, 1.807) is 35.6 Å². The zero-order valence-corrected chi connectivity index (χ0v) is 38.5. The van der Waals surface area contributed by atoms with Gasteiger partial charge in [-0.05, 0) is 57.8 Å². The summed E-state index contributed by atoms with van der Waals surface area (Å²) in [5, 5.41) is 12.1. The number of halogens is 2. The van der Waals surface area contributed by atoms with Gasteiger partial charge < -0.3 is 43.6 Å². The van der Waals surface area contributed by atoms with Gasteiger partial charge in [0.2, 0.25) is 11.8 Å². The second kappa shape index (κ2) is 20.5. The van der Waals surface area contributed by atoms with Crippen LogP contribution >= 0.6 is 31.9 Å². The standard InChI is InChI=1S/C18H24BrN5O3Si.C13H18BrN3O3Si.C5H8N2O/c1-12(18-20-5-6-27-18)22-17(25)13-10-24(11-26-7-8-28(2,3)4)16-15(13)23-14(19)9-21-16;1-21(2,3)5-4-20-8-17-7-9(13(18)19)11-12(17)15-6-10(14)16-11;1-4(6)5-7-2-3-8-5/h5-6,9-10,12H,7-8,11H2,1-4H3,(H,22,25);6-7H,4-5,8H2,1-3H3,(H,18,19);2-4H,6H2,1H3. The van der Waals surface area contributed by atoms with Crippen LogP contribution in [-0.4, -0.2) is 85.4 Å². The number of hydrogen-bond acceptors (Lipinski definition) is 13. The minimum absolute atomic E-state index is 0.0926. The number of ether oxygens (including phenoxy) is 2. The molecule has 0 saturated heterocycles. The first-order valence-corrected chi connectivity index (χ1v) is 27.1. The Morgan fingerprint density at radius 3 is 1.65 bits per heavy atom. The zero-order valence-electron chi connectivity index (χ0n) is 33.3. The lowest BCUT2D eigenvalue weighted by molar-refractivity contribution is 0.0695. The van der Waals surface area contributed by atoms with Crippen LogP contribution in [0.4, 0.5) is 0 Å². The van der Waals surface area contributed by atoms with Gasteiger partial charge in [0, 0.05) is 41.8 Å². The number of carboxylic acids is 1. The molecule has 2 unspecified atom stereocenters. The number of fused-ring (bicyclic) bond motifs is 2. The van der Waals surface area contributed by atoms with E-state index in [2.05, 4.69) is 106 Å². The molecule has 17 nitrogen and oxygen atoms in total. The average Bonchev–Trinajstić information content (AvgIpc) is 3.95. The highest BCUT2D eigenvalue weighted by molar-refractivity contribution is 9.10. The van der Waals surface area contributed by atoms with Gasteiger partial charge in [-0.3, -0.25) is 4.79 Å². The number of nitrogens with zero attached hydrogens (tertiary/aromatic N) is 8. The molecule has 2 atom stereocenters. The number of amides is 1. The molecule has 0 bridgehead atoms. The SMILES string of the molecule is CC(N)c1ncco1.CC(NC(=O)c1cn(COCC[Si](C)(C)C)c2ncc(Br)nc12)c1ncco1.C[Si](C)(C)CCOCn1cc(C(=O)O)c2nc(Br)cnc21. The summed E-state index contributed by atoms with van der Waals surface area (Å²) in [4.78, 5) is 49.3. The van der Waals surface area contributed by atoms with Crippen molar-refractivity contribution in [1.82, 2.24) is 44.4 Å². The normalized spacial score (nSPS) is 12.8. The van der Waals surface area contributed by atoms with Crippen LogP contribution in [0.2, 0.25) is 51.4 Å². The third-order valence-electron chi connectivity index (χ3n) is 8.01. The molecule has 6 rings (SSSR count). The van der Waals surface area contributed by atoms with Crippen LogP contribution in [0.3, 0.4) is 0 Å². The Morgan fingerprint density at radius 2 is 1.25 bits per heavy atom. The number of nitrogens with two attached hydrogens (primary N) is 1. The maximum Gasteiger partial charge on any atom is 0.339 e. The molecule has 6 heterocycles. The van der Waals surface area contributed by atoms with Crippen molar-refractivity contribution in [3.05, 3.63) is 81.8 Å². The monoisotopic (exact) mass is 948 g/mol. The number of nitrogens with one attached hydrogen (secondary N) is 1. The lowest BCUT2D eigenvalue weighted by Gasteiger charge is -2.15. The topological polar surface area (TPSA) is 224 Å². The molecular weight excluding hydrogens is 900 g/mol. The van der Waals surface area contributed by atoms with E-state index in [1.807, 2.05) is 18.4 Å². The van der Waals surface area contributed by atoms with E-state index in [9.17, 15) is 14.7 Å². The van der Waals surface area contributed by atoms with Gasteiger partial charge in [-0.25, -0.2) is 34.7 Å². The summed E-state index contributed by atoms with van der Waals surface area (Å²) < 4.78 is 26.2. The van der Waals surface area contributed by atoms with E-state index >= 15 is 0 Å². The minimum atomic E-state index is -1.16. The number of aromatic carboxylic acids is 1. The third-order valence-corrected chi connectivity index (χ3v) is 12.2.